The Bertz CT molecular complexity index is 432. The van der Waals surface area contributed by atoms with Gasteiger partial charge in [-0.15, -0.1) is 0 Å². The van der Waals surface area contributed by atoms with Crippen molar-refractivity contribution in [3.8, 4) is 5.75 Å². The Hall–Kier alpha value is -2.08. The van der Waals surface area contributed by atoms with Gasteiger partial charge in [-0.2, -0.15) is 0 Å². The highest BCUT2D eigenvalue weighted by Gasteiger charge is 2.03. The molecule has 1 aromatic carbocycles. The molecule has 0 saturated heterocycles. The Labute approximate surface area is 118 Å². The maximum atomic E-state index is 11.5. The Morgan fingerprint density at radius 2 is 1.90 bits per heavy atom. The fourth-order valence-corrected chi connectivity index (χ4v) is 1.56. The number of hydrogen-bond donors (Lipinski definition) is 3. The van der Waals surface area contributed by atoms with Crippen LogP contribution in [0, 0.1) is 0 Å². The van der Waals surface area contributed by atoms with E-state index in [1.807, 2.05) is 7.05 Å². The van der Waals surface area contributed by atoms with Crippen molar-refractivity contribution in [3.63, 3.8) is 0 Å². The molecule has 0 unspecified atom stereocenters. The summed E-state index contributed by atoms with van der Waals surface area (Å²) in [6.07, 6.45) is 1.20. The van der Waals surface area contributed by atoms with Gasteiger partial charge in [0, 0.05) is 12.1 Å². The Balaban J connectivity index is 2.20. The second-order valence-electron chi connectivity index (χ2n) is 4.29. The summed E-state index contributed by atoms with van der Waals surface area (Å²) in [4.78, 5) is 22.4. The van der Waals surface area contributed by atoms with Crippen LogP contribution < -0.4 is 21.1 Å². The van der Waals surface area contributed by atoms with Gasteiger partial charge in [0.15, 0.2) is 0 Å². The second kappa shape index (κ2) is 8.92. The molecule has 0 spiro atoms. The molecule has 0 atom stereocenters. The van der Waals surface area contributed by atoms with Gasteiger partial charge in [-0.25, -0.2) is 0 Å². The zero-order chi connectivity index (χ0) is 14.8. The molecule has 0 radical (unpaired) electrons. The molecule has 1 rings (SSSR count). The summed E-state index contributed by atoms with van der Waals surface area (Å²) in [7, 11) is 1.87. The fraction of sp³-hybridized carbons (Fsp3) is 0.429. The molecule has 6 nitrogen and oxygen atoms in total. The highest BCUT2D eigenvalue weighted by atomic mass is 16.5. The van der Waals surface area contributed by atoms with E-state index in [0.29, 0.717) is 30.9 Å². The van der Waals surface area contributed by atoms with Crippen LogP contribution in [0.25, 0.3) is 0 Å². The number of ether oxygens (including phenoxy) is 1. The van der Waals surface area contributed by atoms with E-state index in [1.54, 1.807) is 24.3 Å². The summed E-state index contributed by atoms with van der Waals surface area (Å²) < 4.78 is 5.41. The van der Waals surface area contributed by atoms with Gasteiger partial charge < -0.3 is 21.1 Å². The van der Waals surface area contributed by atoms with Crippen molar-refractivity contribution in [1.82, 2.24) is 10.6 Å². The van der Waals surface area contributed by atoms with E-state index in [0.717, 1.165) is 13.0 Å². The molecule has 1 aromatic rings. The predicted octanol–water partition coefficient (Wildman–Crippen LogP) is 0.280. The molecular weight excluding hydrogens is 258 g/mol. The van der Waals surface area contributed by atoms with Crippen LogP contribution >= 0.6 is 0 Å². The molecule has 110 valence electrons. The van der Waals surface area contributed by atoms with E-state index in [9.17, 15) is 9.59 Å². The van der Waals surface area contributed by atoms with Gasteiger partial charge >= 0.3 is 0 Å². The zero-order valence-corrected chi connectivity index (χ0v) is 11.6. The van der Waals surface area contributed by atoms with Gasteiger partial charge in [0.1, 0.15) is 5.75 Å². The third-order valence-electron chi connectivity index (χ3n) is 2.66. The average molecular weight is 279 g/mol. The number of carbonyl (C=O) groups is 2. The van der Waals surface area contributed by atoms with Crippen molar-refractivity contribution in [2.24, 2.45) is 5.73 Å². The first-order chi connectivity index (χ1) is 9.63. The standard InChI is InChI=1S/C14H21N3O3/c1-16-8-2-9-17-13(18)7-10-20-12-5-3-11(4-6-12)14(15)19/h3-6,16H,2,7-10H2,1H3,(H2,15,19)(H,17,18). The summed E-state index contributed by atoms with van der Waals surface area (Å²) in [6.45, 7) is 1.84. The van der Waals surface area contributed by atoms with Crippen LogP contribution in [0.1, 0.15) is 23.2 Å². The predicted molar refractivity (Wildman–Crippen MR) is 76.6 cm³/mol. The van der Waals surface area contributed by atoms with Crippen LogP contribution in [0.5, 0.6) is 5.75 Å². The lowest BCUT2D eigenvalue weighted by atomic mass is 10.2. The Morgan fingerprint density at radius 3 is 2.50 bits per heavy atom. The molecule has 0 fully saturated rings. The molecule has 4 N–H and O–H groups in total. The fourth-order valence-electron chi connectivity index (χ4n) is 1.56. The molecule has 0 aliphatic carbocycles. The minimum atomic E-state index is -0.475. The second-order valence-corrected chi connectivity index (χ2v) is 4.29. The van der Waals surface area contributed by atoms with Crippen LogP contribution in [0.3, 0.4) is 0 Å². The molecule has 0 bridgehead atoms. The summed E-state index contributed by atoms with van der Waals surface area (Å²) in [5, 5.41) is 5.82. The number of nitrogens with two attached hydrogens (primary N) is 1. The van der Waals surface area contributed by atoms with E-state index in [1.165, 1.54) is 0 Å². The molecular formula is C14H21N3O3. The lowest BCUT2D eigenvalue weighted by Crippen LogP contribution is -2.27. The van der Waals surface area contributed by atoms with Crippen molar-refractivity contribution >= 4 is 11.8 Å². The third kappa shape index (κ3) is 6.19. The van der Waals surface area contributed by atoms with Crippen LogP contribution in [0.4, 0.5) is 0 Å². The van der Waals surface area contributed by atoms with E-state index < -0.39 is 5.91 Å². The van der Waals surface area contributed by atoms with Crippen molar-refractivity contribution < 1.29 is 14.3 Å². The maximum absolute atomic E-state index is 11.5. The number of amides is 2. The van der Waals surface area contributed by atoms with Crippen molar-refractivity contribution in [3.05, 3.63) is 29.8 Å². The minimum Gasteiger partial charge on any atom is -0.493 e. The highest BCUT2D eigenvalue weighted by Crippen LogP contribution is 2.11. The van der Waals surface area contributed by atoms with Crippen LogP contribution in [0.2, 0.25) is 0 Å². The monoisotopic (exact) mass is 279 g/mol. The van der Waals surface area contributed by atoms with E-state index >= 15 is 0 Å². The first-order valence-corrected chi connectivity index (χ1v) is 6.57. The lowest BCUT2D eigenvalue weighted by molar-refractivity contribution is -0.121. The summed E-state index contributed by atoms with van der Waals surface area (Å²) in [6, 6.07) is 6.50. The van der Waals surface area contributed by atoms with Crippen LogP contribution in [0.15, 0.2) is 24.3 Å². The minimum absolute atomic E-state index is 0.0325. The van der Waals surface area contributed by atoms with Gasteiger partial charge in [-0.3, -0.25) is 9.59 Å². The topological polar surface area (TPSA) is 93.4 Å². The quantitative estimate of drug-likeness (QED) is 0.566. The largest absolute Gasteiger partial charge is 0.493 e. The van der Waals surface area contributed by atoms with Crippen LogP contribution in [-0.2, 0) is 4.79 Å². The molecule has 0 aliphatic heterocycles. The van der Waals surface area contributed by atoms with Crippen molar-refractivity contribution in [2.45, 2.75) is 12.8 Å². The maximum Gasteiger partial charge on any atom is 0.248 e. The molecule has 0 aromatic heterocycles. The molecule has 2 amide bonds. The van der Waals surface area contributed by atoms with E-state index in [2.05, 4.69) is 10.6 Å². The van der Waals surface area contributed by atoms with Crippen molar-refractivity contribution in [2.75, 3.05) is 26.7 Å². The number of hydrogen-bond acceptors (Lipinski definition) is 4. The molecule has 6 heteroatoms. The summed E-state index contributed by atoms with van der Waals surface area (Å²) >= 11 is 0. The van der Waals surface area contributed by atoms with Gasteiger partial charge in [0.05, 0.1) is 13.0 Å². The van der Waals surface area contributed by atoms with Crippen LogP contribution in [-0.4, -0.2) is 38.6 Å². The number of carbonyl (C=O) groups excluding carboxylic acids is 2. The number of primary amides is 1. The molecule has 0 saturated carbocycles. The lowest BCUT2D eigenvalue weighted by Gasteiger charge is -2.07. The van der Waals surface area contributed by atoms with Gasteiger partial charge in [-0.05, 0) is 44.3 Å². The van der Waals surface area contributed by atoms with Crippen molar-refractivity contribution in [1.29, 1.82) is 0 Å². The van der Waals surface area contributed by atoms with Gasteiger partial charge in [0.2, 0.25) is 11.8 Å². The Morgan fingerprint density at radius 1 is 1.20 bits per heavy atom. The molecule has 0 aliphatic rings. The van der Waals surface area contributed by atoms with Gasteiger partial charge in [0.25, 0.3) is 0 Å². The average Bonchev–Trinajstić information content (AvgIpc) is 2.44. The van der Waals surface area contributed by atoms with E-state index in [-0.39, 0.29) is 5.91 Å². The van der Waals surface area contributed by atoms with E-state index in [4.69, 9.17) is 10.5 Å². The first kappa shape index (κ1) is 16.0. The third-order valence-corrected chi connectivity index (χ3v) is 2.66. The van der Waals surface area contributed by atoms with Gasteiger partial charge in [-0.1, -0.05) is 0 Å². The first-order valence-electron chi connectivity index (χ1n) is 6.57. The Kier molecular flexibility index (Phi) is 7.13. The zero-order valence-electron chi connectivity index (χ0n) is 11.6. The highest BCUT2D eigenvalue weighted by molar-refractivity contribution is 5.92. The number of benzene rings is 1. The summed E-state index contributed by atoms with van der Waals surface area (Å²) in [5.41, 5.74) is 5.56. The SMILES string of the molecule is CNCCCNC(=O)CCOc1ccc(C(N)=O)cc1. The number of nitrogens with one attached hydrogen (secondary N) is 2. The smallest absolute Gasteiger partial charge is 0.248 e. The molecule has 20 heavy (non-hydrogen) atoms. The summed E-state index contributed by atoms with van der Waals surface area (Å²) in [5.74, 6) is 0.102. The molecule has 0 heterocycles. The number of rotatable bonds is 9. The normalized spacial score (nSPS) is 10.1.